The van der Waals surface area contributed by atoms with Crippen molar-refractivity contribution in [1.82, 2.24) is 14.9 Å². The van der Waals surface area contributed by atoms with Crippen LogP contribution in [0.25, 0.3) is 16.3 Å². The predicted octanol–water partition coefficient (Wildman–Crippen LogP) is 2.60. The Morgan fingerprint density at radius 2 is 2.08 bits per heavy atom. The van der Waals surface area contributed by atoms with Gasteiger partial charge in [-0.05, 0) is 30.0 Å². The molecule has 0 saturated carbocycles. The smallest absolute Gasteiger partial charge is 0.262 e. The van der Waals surface area contributed by atoms with Crippen molar-refractivity contribution >= 4 is 33.5 Å². The molecule has 24 heavy (non-hydrogen) atoms. The molecule has 0 spiro atoms. The van der Waals surface area contributed by atoms with Gasteiger partial charge >= 0.3 is 0 Å². The van der Waals surface area contributed by atoms with Crippen molar-refractivity contribution in [3.8, 4) is 0 Å². The van der Waals surface area contributed by atoms with Crippen LogP contribution in [0, 0.1) is 6.92 Å². The van der Waals surface area contributed by atoms with Gasteiger partial charge in [-0.1, -0.05) is 30.3 Å². The van der Waals surface area contributed by atoms with E-state index in [4.69, 9.17) is 0 Å². The van der Waals surface area contributed by atoms with Crippen LogP contribution in [0.4, 0.5) is 0 Å². The number of hydrogen-bond acceptors (Lipinski definition) is 4. The van der Waals surface area contributed by atoms with E-state index < -0.39 is 0 Å². The molecule has 0 bridgehead atoms. The van der Waals surface area contributed by atoms with Gasteiger partial charge in [0.05, 0.1) is 5.39 Å². The Balaban J connectivity index is 1.61. The summed E-state index contributed by atoms with van der Waals surface area (Å²) in [6, 6.07) is 11.4. The Morgan fingerprint density at radius 3 is 2.88 bits per heavy atom. The zero-order chi connectivity index (χ0) is 16.9. The van der Waals surface area contributed by atoms with Crippen molar-refractivity contribution in [2.45, 2.75) is 13.5 Å². The third-order valence-electron chi connectivity index (χ3n) is 3.64. The molecule has 2 heterocycles. The van der Waals surface area contributed by atoms with Crippen LogP contribution in [-0.2, 0) is 11.3 Å². The van der Waals surface area contributed by atoms with E-state index in [-0.39, 0.29) is 11.5 Å². The maximum Gasteiger partial charge on any atom is 0.262 e. The summed E-state index contributed by atoms with van der Waals surface area (Å²) in [5.74, 6) is 0.471. The molecule has 0 unspecified atom stereocenters. The first-order valence-electron chi connectivity index (χ1n) is 7.61. The standard InChI is InChI=1S/C18H17N3O2S/c1-13-20-17-15(9-12-24-17)18(23)21(13)11-10-19-16(22)8-7-14-5-3-2-4-6-14/h2-9,12H,10-11H2,1H3,(H,19,22)/b8-7+. The first-order valence-corrected chi connectivity index (χ1v) is 8.49. The minimum Gasteiger partial charge on any atom is -0.351 e. The SMILES string of the molecule is Cc1nc2sccc2c(=O)n1CCNC(=O)/C=C/c1ccccc1. The summed E-state index contributed by atoms with van der Waals surface area (Å²) in [4.78, 5) is 29.4. The molecular formula is C18H17N3O2S. The highest BCUT2D eigenvalue weighted by Gasteiger charge is 2.08. The first kappa shape index (κ1) is 16.1. The van der Waals surface area contributed by atoms with Gasteiger partial charge in [0.1, 0.15) is 10.7 Å². The Hall–Kier alpha value is -2.73. The van der Waals surface area contributed by atoms with Gasteiger partial charge < -0.3 is 5.32 Å². The van der Waals surface area contributed by atoms with Crippen LogP contribution in [0.5, 0.6) is 0 Å². The summed E-state index contributed by atoms with van der Waals surface area (Å²) >= 11 is 1.45. The van der Waals surface area contributed by atoms with Crippen LogP contribution in [0.1, 0.15) is 11.4 Å². The van der Waals surface area contributed by atoms with Gasteiger partial charge in [-0.2, -0.15) is 0 Å². The lowest BCUT2D eigenvalue weighted by atomic mass is 10.2. The molecule has 1 aromatic carbocycles. The lowest BCUT2D eigenvalue weighted by molar-refractivity contribution is -0.116. The van der Waals surface area contributed by atoms with Crippen LogP contribution in [-0.4, -0.2) is 22.0 Å². The lowest BCUT2D eigenvalue weighted by Crippen LogP contribution is -2.31. The summed E-state index contributed by atoms with van der Waals surface area (Å²) < 4.78 is 1.59. The quantitative estimate of drug-likeness (QED) is 0.727. The van der Waals surface area contributed by atoms with Crippen molar-refractivity contribution < 1.29 is 4.79 Å². The maximum atomic E-state index is 12.4. The Kier molecular flexibility index (Phi) is 4.86. The van der Waals surface area contributed by atoms with Crippen LogP contribution >= 0.6 is 11.3 Å². The Bertz CT molecular complexity index is 942. The minimum atomic E-state index is -0.186. The summed E-state index contributed by atoms with van der Waals surface area (Å²) in [5.41, 5.74) is 0.902. The Labute approximate surface area is 143 Å². The molecule has 1 N–H and O–H groups in total. The van der Waals surface area contributed by atoms with Crippen LogP contribution in [0.3, 0.4) is 0 Å². The molecule has 1 amide bonds. The molecule has 122 valence electrons. The molecule has 5 nitrogen and oxygen atoms in total. The van der Waals surface area contributed by atoms with Gasteiger partial charge in [0.15, 0.2) is 0 Å². The summed E-state index contributed by atoms with van der Waals surface area (Å²) in [5, 5.41) is 5.27. The highest BCUT2D eigenvalue weighted by atomic mass is 32.1. The van der Waals surface area contributed by atoms with Crippen molar-refractivity contribution in [3.05, 3.63) is 69.6 Å². The van der Waals surface area contributed by atoms with E-state index in [1.54, 1.807) is 23.6 Å². The molecular weight excluding hydrogens is 322 g/mol. The summed E-state index contributed by atoms with van der Waals surface area (Å²) in [6.45, 7) is 2.57. The largest absolute Gasteiger partial charge is 0.351 e. The fraction of sp³-hybridized carbons (Fsp3) is 0.167. The van der Waals surface area contributed by atoms with Crippen molar-refractivity contribution in [1.29, 1.82) is 0 Å². The number of carbonyl (C=O) groups is 1. The molecule has 0 aliphatic carbocycles. The van der Waals surface area contributed by atoms with E-state index in [2.05, 4.69) is 10.3 Å². The van der Waals surface area contributed by atoms with E-state index in [1.807, 2.05) is 35.7 Å². The zero-order valence-corrected chi connectivity index (χ0v) is 14.0. The number of aryl methyl sites for hydroxylation is 1. The van der Waals surface area contributed by atoms with Gasteiger partial charge in [0.25, 0.3) is 5.56 Å². The molecule has 0 fully saturated rings. The number of thiophene rings is 1. The molecule has 3 rings (SSSR count). The monoisotopic (exact) mass is 339 g/mol. The highest BCUT2D eigenvalue weighted by molar-refractivity contribution is 7.16. The molecule has 0 aliphatic heterocycles. The summed E-state index contributed by atoms with van der Waals surface area (Å²) in [6.07, 6.45) is 3.25. The lowest BCUT2D eigenvalue weighted by Gasteiger charge is -2.09. The van der Waals surface area contributed by atoms with Crippen molar-refractivity contribution in [3.63, 3.8) is 0 Å². The molecule has 3 aromatic rings. The number of amides is 1. The van der Waals surface area contributed by atoms with E-state index in [1.165, 1.54) is 17.4 Å². The van der Waals surface area contributed by atoms with Gasteiger partial charge in [-0.3, -0.25) is 14.2 Å². The number of rotatable bonds is 5. The minimum absolute atomic E-state index is 0.0622. The molecule has 0 atom stereocenters. The molecule has 6 heteroatoms. The number of nitrogens with zero attached hydrogens (tertiary/aromatic N) is 2. The topological polar surface area (TPSA) is 64.0 Å². The number of benzene rings is 1. The third-order valence-corrected chi connectivity index (χ3v) is 4.44. The molecule has 0 aliphatic rings. The highest BCUT2D eigenvalue weighted by Crippen LogP contribution is 2.14. The second-order valence-electron chi connectivity index (χ2n) is 5.29. The molecule has 0 saturated heterocycles. The first-order chi connectivity index (χ1) is 11.6. The second kappa shape index (κ2) is 7.23. The van der Waals surface area contributed by atoms with Crippen molar-refractivity contribution in [2.75, 3.05) is 6.54 Å². The second-order valence-corrected chi connectivity index (χ2v) is 6.18. The zero-order valence-electron chi connectivity index (χ0n) is 13.2. The van der Waals surface area contributed by atoms with E-state index >= 15 is 0 Å². The maximum absolute atomic E-state index is 12.4. The number of nitrogens with one attached hydrogen (secondary N) is 1. The van der Waals surface area contributed by atoms with Gasteiger partial charge in [-0.25, -0.2) is 4.98 Å². The fourth-order valence-corrected chi connectivity index (χ4v) is 3.20. The summed E-state index contributed by atoms with van der Waals surface area (Å²) in [7, 11) is 0. The average molecular weight is 339 g/mol. The Morgan fingerprint density at radius 1 is 1.29 bits per heavy atom. The van der Waals surface area contributed by atoms with Crippen LogP contribution < -0.4 is 10.9 Å². The average Bonchev–Trinajstić information content (AvgIpc) is 3.05. The van der Waals surface area contributed by atoms with Crippen molar-refractivity contribution in [2.24, 2.45) is 0 Å². The molecule has 2 aromatic heterocycles. The molecule has 0 radical (unpaired) electrons. The van der Waals surface area contributed by atoms with Crippen LogP contribution in [0.2, 0.25) is 0 Å². The normalized spacial score (nSPS) is 11.2. The predicted molar refractivity (Wildman–Crippen MR) is 97.1 cm³/mol. The van der Waals surface area contributed by atoms with Gasteiger partial charge in [0, 0.05) is 19.2 Å². The van der Waals surface area contributed by atoms with Gasteiger partial charge in [-0.15, -0.1) is 11.3 Å². The fourth-order valence-electron chi connectivity index (χ4n) is 2.40. The number of aromatic nitrogens is 2. The van der Waals surface area contributed by atoms with E-state index in [0.29, 0.717) is 24.3 Å². The van der Waals surface area contributed by atoms with E-state index in [9.17, 15) is 9.59 Å². The van der Waals surface area contributed by atoms with Crippen LogP contribution in [0.15, 0.2) is 52.6 Å². The van der Waals surface area contributed by atoms with E-state index in [0.717, 1.165) is 10.4 Å². The number of fused-ring (bicyclic) bond motifs is 1. The number of carbonyl (C=O) groups excluding carboxylic acids is 1. The third kappa shape index (κ3) is 3.60. The number of hydrogen-bond donors (Lipinski definition) is 1. The van der Waals surface area contributed by atoms with Gasteiger partial charge in [0.2, 0.25) is 5.91 Å².